The SMILES string of the molecule is CN(c1ccc(F)cc1)S(=O)(=O)c1ccc(Cl)c(C(=O)NCCCCn2ccnc2)c1. The third-order valence-electron chi connectivity index (χ3n) is 4.72. The molecule has 0 atom stereocenters. The number of aryl methyl sites for hydroxylation is 1. The van der Waals surface area contributed by atoms with Crippen molar-refractivity contribution < 1.29 is 17.6 Å². The highest BCUT2D eigenvalue weighted by molar-refractivity contribution is 7.92. The van der Waals surface area contributed by atoms with Crippen molar-refractivity contribution in [3.05, 3.63) is 77.6 Å². The van der Waals surface area contributed by atoms with E-state index in [4.69, 9.17) is 11.6 Å². The predicted octanol–water partition coefficient (Wildman–Crippen LogP) is 3.71. The first-order valence-corrected chi connectivity index (χ1v) is 11.4. The maximum Gasteiger partial charge on any atom is 0.264 e. The monoisotopic (exact) mass is 464 g/mol. The summed E-state index contributed by atoms with van der Waals surface area (Å²) < 4.78 is 42.0. The Hall–Kier alpha value is -2.91. The average molecular weight is 465 g/mol. The summed E-state index contributed by atoms with van der Waals surface area (Å²) in [5.74, 6) is -0.917. The number of aromatic nitrogens is 2. The van der Waals surface area contributed by atoms with Gasteiger partial charge in [0.05, 0.1) is 27.5 Å². The summed E-state index contributed by atoms with van der Waals surface area (Å²) in [5, 5.41) is 2.92. The second-order valence-corrected chi connectivity index (χ2v) is 9.23. The zero-order valence-electron chi connectivity index (χ0n) is 16.8. The third kappa shape index (κ3) is 5.62. The minimum absolute atomic E-state index is 0.0739. The number of nitrogens with zero attached hydrogens (tertiary/aromatic N) is 3. The summed E-state index contributed by atoms with van der Waals surface area (Å²) >= 11 is 6.14. The van der Waals surface area contributed by atoms with Crippen LogP contribution in [-0.4, -0.2) is 37.5 Å². The van der Waals surface area contributed by atoms with Crippen molar-refractivity contribution in [2.45, 2.75) is 24.3 Å². The fraction of sp³-hybridized carbons (Fsp3) is 0.238. The van der Waals surface area contributed by atoms with Crippen molar-refractivity contribution in [3.8, 4) is 0 Å². The molecule has 3 rings (SSSR count). The number of rotatable bonds is 9. The van der Waals surface area contributed by atoms with Gasteiger partial charge in [0.25, 0.3) is 15.9 Å². The normalized spacial score (nSPS) is 11.3. The van der Waals surface area contributed by atoms with E-state index in [1.165, 1.54) is 49.5 Å². The maximum atomic E-state index is 13.1. The molecule has 2 aromatic carbocycles. The Labute approximate surface area is 185 Å². The lowest BCUT2D eigenvalue weighted by Crippen LogP contribution is -2.28. The van der Waals surface area contributed by atoms with Crippen molar-refractivity contribution in [3.63, 3.8) is 0 Å². The first kappa shape index (κ1) is 22.8. The van der Waals surface area contributed by atoms with Crippen molar-refractivity contribution in [2.24, 2.45) is 0 Å². The minimum atomic E-state index is -3.97. The molecular weight excluding hydrogens is 443 g/mol. The molecule has 7 nitrogen and oxygen atoms in total. The lowest BCUT2D eigenvalue weighted by atomic mass is 10.2. The van der Waals surface area contributed by atoms with Crippen molar-refractivity contribution in [1.82, 2.24) is 14.9 Å². The first-order valence-electron chi connectivity index (χ1n) is 9.57. The molecule has 0 radical (unpaired) electrons. The molecule has 0 saturated heterocycles. The maximum absolute atomic E-state index is 13.1. The molecule has 0 spiro atoms. The molecule has 31 heavy (non-hydrogen) atoms. The number of anilines is 1. The van der Waals surface area contributed by atoms with Gasteiger partial charge in [-0.15, -0.1) is 0 Å². The molecule has 1 amide bonds. The van der Waals surface area contributed by atoms with Crippen LogP contribution in [0.3, 0.4) is 0 Å². The van der Waals surface area contributed by atoms with Crippen molar-refractivity contribution in [1.29, 1.82) is 0 Å². The fourth-order valence-corrected chi connectivity index (χ4v) is 4.35. The summed E-state index contributed by atoms with van der Waals surface area (Å²) in [7, 11) is -2.61. The lowest BCUT2D eigenvalue weighted by molar-refractivity contribution is 0.0953. The van der Waals surface area contributed by atoms with Gasteiger partial charge in [-0.3, -0.25) is 9.10 Å². The van der Waals surface area contributed by atoms with Crippen LogP contribution >= 0.6 is 11.6 Å². The van der Waals surface area contributed by atoms with Gasteiger partial charge in [0.15, 0.2) is 0 Å². The Morgan fingerprint density at radius 3 is 2.61 bits per heavy atom. The summed E-state index contributed by atoms with van der Waals surface area (Å²) in [6.45, 7) is 1.22. The van der Waals surface area contributed by atoms with Crippen LogP contribution in [0.4, 0.5) is 10.1 Å². The smallest absolute Gasteiger partial charge is 0.264 e. The van der Waals surface area contributed by atoms with Gasteiger partial charge in [-0.25, -0.2) is 17.8 Å². The van der Waals surface area contributed by atoms with Crippen molar-refractivity contribution in [2.75, 3.05) is 17.9 Å². The second kappa shape index (κ2) is 9.93. The number of halogens is 2. The molecule has 0 aliphatic heterocycles. The second-order valence-electron chi connectivity index (χ2n) is 6.85. The van der Waals surface area contributed by atoms with E-state index in [-0.39, 0.29) is 15.5 Å². The summed E-state index contributed by atoms with van der Waals surface area (Å²) in [6.07, 6.45) is 6.90. The van der Waals surface area contributed by atoms with Crippen LogP contribution in [0.25, 0.3) is 0 Å². The number of carbonyl (C=O) groups excluding carboxylic acids is 1. The number of amides is 1. The molecule has 0 bridgehead atoms. The van der Waals surface area contributed by atoms with Gasteiger partial charge < -0.3 is 9.88 Å². The largest absolute Gasteiger partial charge is 0.352 e. The third-order valence-corrected chi connectivity index (χ3v) is 6.83. The highest BCUT2D eigenvalue weighted by Gasteiger charge is 2.23. The number of imidazole rings is 1. The molecule has 0 aliphatic rings. The Morgan fingerprint density at radius 2 is 1.94 bits per heavy atom. The lowest BCUT2D eigenvalue weighted by Gasteiger charge is -2.20. The molecule has 0 aliphatic carbocycles. The van der Waals surface area contributed by atoms with E-state index in [1.807, 2.05) is 10.8 Å². The van der Waals surface area contributed by atoms with Crippen LogP contribution in [0.5, 0.6) is 0 Å². The number of hydrogen-bond donors (Lipinski definition) is 1. The fourth-order valence-electron chi connectivity index (χ4n) is 2.92. The van der Waals surface area contributed by atoms with Gasteiger partial charge in [0.1, 0.15) is 5.82 Å². The van der Waals surface area contributed by atoms with E-state index in [1.54, 1.807) is 12.5 Å². The van der Waals surface area contributed by atoms with Crippen LogP contribution < -0.4 is 9.62 Å². The van der Waals surface area contributed by atoms with E-state index in [9.17, 15) is 17.6 Å². The zero-order chi connectivity index (χ0) is 22.4. The highest BCUT2D eigenvalue weighted by Crippen LogP contribution is 2.26. The standard InChI is InChI=1S/C21H22ClFN4O3S/c1-26(17-6-4-16(23)5-7-17)31(29,30)18-8-9-20(22)19(14-18)21(28)25-10-2-3-12-27-13-11-24-15-27/h4-9,11,13-15H,2-3,10,12H2,1H3,(H,25,28). The topological polar surface area (TPSA) is 84.3 Å². The molecule has 0 unspecified atom stereocenters. The Morgan fingerprint density at radius 1 is 1.19 bits per heavy atom. The molecule has 3 aromatic rings. The number of unbranched alkanes of at least 4 members (excludes halogenated alkanes) is 1. The minimum Gasteiger partial charge on any atom is -0.352 e. The van der Waals surface area contributed by atoms with Gasteiger partial charge in [-0.1, -0.05) is 11.6 Å². The molecular formula is C21H22ClFN4O3S. The summed E-state index contributed by atoms with van der Waals surface area (Å²) in [6, 6.07) is 9.03. The van der Waals surface area contributed by atoms with Gasteiger partial charge in [0, 0.05) is 32.5 Å². The van der Waals surface area contributed by atoms with E-state index in [0.29, 0.717) is 12.2 Å². The molecule has 1 N–H and O–H groups in total. The Balaban J connectivity index is 1.67. The molecule has 0 saturated carbocycles. The molecule has 1 heterocycles. The number of nitrogens with one attached hydrogen (secondary N) is 1. The van der Waals surface area contributed by atoms with Crippen LogP contribution in [0.15, 0.2) is 66.1 Å². The average Bonchev–Trinajstić information content (AvgIpc) is 3.27. The molecule has 1 aromatic heterocycles. The number of hydrogen-bond acceptors (Lipinski definition) is 4. The van der Waals surface area contributed by atoms with Gasteiger partial charge in [-0.05, 0) is 55.3 Å². The van der Waals surface area contributed by atoms with Gasteiger partial charge in [0.2, 0.25) is 0 Å². The predicted molar refractivity (Wildman–Crippen MR) is 117 cm³/mol. The van der Waals surface area contributed by atoms with Gasteiger partial charge in [-0.2, -0.15) is 0 Å². The highest BCUT2D eigenvalue weighted by atomic mass is 35.5. The first-order chi connectivity index (χ1) is 14.8. The summed E-state index contributed by atoms with van der Waals surface area (Å²) in [5.41, 5.74) is 0.366. The zero-order valence-corrected chi connectivity index (χ0v) is 18.4. The van der Waals surface area contributed by atoms with Crippen molar-refractivity contribution >= 4 is 33.2 Å². The number of carbonyl (C=O) groups is 1. The molecule has 0 fully saturated rings. The summed E-state index contributed by atoms with van der Waals surface area (Å²) in [4.78, 5) is 16.4. The van der Waals surface area contributed by atoms with Crippen LogP contribution in [0, 0.1) is 5.82 Å². The quantitative estimate of drug-likeness (QED) is 0.489. The van der Waals surface area contributed by atoms with Crippen LogP contribution in [-0.2, 0) is 16.6 Å². The molecule has 10 heteroatoms. The van der Waals surface area contributed by atoms with Crippen LogP contribution in [0.2, 0.25) is 5.02 Å². The Bertz CT molecular complexity index is 1140. The van der Waals surface area contributed by atoms with E-state index >= 15 is 0 Å². The number of benzene rings is 2. The molecule has 164 valence electrons. The number of sulfonamides is 1. The van der Waals surface area contributed by atoms with Crippen LogP contribution in [0.1, 0.15) is 23.2 Å². The Kier molecular flexibility index (Phi) is 7.29. The van der Waals surface area contributed by atoms with E-state index in [2.05, 4.69) is 10.3 Å². The van der Waals surface area contributed by atoms with E-state index < -0.39 is 21.7 Å². The van der Waals surface area contributed by atoms with E-state index in [0.717, 1.165) is 23.7 Å². The van der Waals surface area contributed by atoms with Gasteiger partial charge >= 0.3 is 0 Å².